The van der Waals surface area contributed by atoms with Crippen LogP contribution in [0.25, 0.3) is 0 Å². The lowest BCUT2D eigenvalue weighted by Crippen LogP contribution is -2.42. The summed E-state index contributed by atoms with van der Waals surface area (Å²) in [7, 11) is -1.49. The van der Waals surface area contributed by atoms with Gasteiger partial charge >= 0.3 is 0 Å². The van der Waals surface area contributed by atoms with Gasteiger partial charge in [-0.15, -0.1) is 11.6 Å². The van der Waals surface area contributed by atoms with Gasteiger partial charge in [0, 0.05) is 19.0 Å². The second-order valence-corrected chi connectivity index (χ2v) is 6.91. The Labute approximate surface area is 97.8 Å². The van der Waals surface area contributed by atoms with Crippen LogP contribution in [0.1, 0.15) is 39.0 Å². The van der Waals surface area contributed by atoms with Gasteiger partial charge in [-0.1, -0.05) is 19.3 Å². The molecule has 1 aliphatic rings. The zero-order chi connectivity index (χ0) is 11.5. The first kappa shape index (κ1) is 13.3. The number of halogens is 1. The zero-order valence-electron chi connectivity index (χ0n) is 9.45. The van der Waals surface area contributed by atoms with E-state index >= 15 is 0 Å². The maximum Gasteiger partial charge on any atom is 0.217 e. The Kier molecular flexibility index (Phi) is 4.87. The van der Waals surface area contributed by atoms with Crippen molar-refractivity contribution in [1.29, 1.82) is 0 Å². The third kappa shape index (κ3) is 3.08. The van der Waals surface area contributed by atoms with E-state index in [0.717, 1.165) is 25.7 Å². The largest absolute Gasteiger partial charge is 0.217 e. The molecule has 1 rings (SSSR count). The molecule has 0 aromatic rings. The van der Waals surface area contributed by atoms with Crippen LogP contribution >= 0.6 is 11.6 Å². The highest BCUT2D eigenvalue weighted by Crippen LogP contribution is 2.26. The molecule has 0 amide bonds. The lowest BCUT2D eigenvalue weighted by molar-refractivity contribution is 0.388. The Morgan fingerprint density at radius 3 is 2.33 bits per heavy atom. The quantitative estimate of drug-likeness (QED) is 0.721. The van der Waals surface area contributed by atoms with Crippen LogP contribution in [-0.4, -0.2) is 36.9 Å². The van der Waals surface area contributed by atoms with E-state index in [2.05, 4.69) is 0 Å². The minimum absolute atomic E-state index is 0.112. The van der Waals surface area contributed by atoms with Gasteiger partial charge in [0.2, 0.25) is 10.0 Å². The molecule has 0 N–H and O–H groups in total. The summed E-state index contributed by atoms with van der Waals surface area (Å²) in [4.78, 5) is 0. The number of nitrogens with zero attached hydrogens (tertiary/aromatic N) is 1. The van der Waals surface area contributed by atoms with Crippen molar-refractivity contribution in [3.8, 4) is 0 Å². The van der Waals surface area contributed by atoms with E-state index in [1.54, 1.807) is 7.05 Å². The molecule has 0 heterocycles. The second-order valence-electron chi connectivity index (χ2n) is 4.32. The molecular weight excluding hydrogens is 234 g/mol. The predicted molar refractivity (Wildman–Crippen MR) is 63.7 cm³/mol. The maximum absolute atomic E-state index is 12.2. The third-order valence-electron chi connectivity index (χ3n) is 3.22. The average Bonchev–Trinajstić information content (AvgIpc) is 2.28. The van der Waals surface area contributed by atoms with Crippen LogP contribution < -0.4 is 0 Å². The van der Waals surface area contributed by atoms with Crippen molar-refractivity contribution in [3.05, 3.63) is 0 Å². The molecule has 0 radical (unpaired) electrons. The van der Waals surface area contributed by atoms with Crippen molar-refractivity contribution in [3.63, 3.8) is 0 Å². The molecule has 1 fully saturated rings. The molecule has 3 nitrogen and oxygen atoms in total. The molecular formula is C10H20ClNO2S. The molecule has 15 heavy (non-hydrogen) atoms. The Morgan fingerprint density at radius 2 is 1.87 bits per heavy atom. The lowest BCUT2D eigenvalue weighted by Gasteiger charge is -2.29. The number of alkyl halides is 1. The van der Waals surface area contributed by atoms with Crippen LogP contribution in [0.4, 0.5) is 0 Å². The van der Waals surface area contributed by atoms with Crippen molar-refractivity contribution in [2.45, 2.75) is 50.3 Å². The van der Waals surface area contributed by atoms with Crippen LogP contribution in [0, 0.1) is 0 Å². The summed E-state index contributed by atoms with van der Waals surface area (Å²) in [6.45, 7) is 1.84. The van der Waals surface area contributed by atoms with Gasteiger partial charge in [0.1, 0.15) is 0 Å². The molecule has 0 aliphatic heterocycles. The standard InChI is InChI=1S/C10H20ClNO2S/c1-9(8-11)12(2)15(13,14)10-6-4-3-5-7-10/h9-10H,3-8H2,1-2H3. The van der Waals surface area contributed by atoms with Crippen LogP contribution in [0.5, 0.6) is 0 Å². The van der Waals surface area contributed by atoms with Crippen LogP contribution in [-0.2, 0) is 10.0 Å². The van der Waals surface area contributed by atoms with E-state index in [0.29, 0.717) is 5.88 Å². The molecule has 1 atom stereocenters. The molecule has 1 aliphatic carbocycles. The van der Waals surface area contributed by atoms with Gasteiger partial charge in [0.15, 0.2) is 0 Å². The molecule has 0 aromatic carbocycles. The SMILES string of the molecule is CC(CCl)N(C)S(=O)(=O)C1CCCCC1. The van der Waals surface area contributed by atoms with Gasteiger partial charge in [-0.25, -0.2) is 12.7 Å². The summed E-state index contributed by atoms with van der Waals surface area (Å²) in [6, 6.07) is -0.112. The lowest BCUT2D eigenvalue weighted by atomic mass is 10.0. The molecule has 90 valence electrons. The summed E-state index contributed by atoms with van der Waals surface area (Å²) in [5, 5.41) is -0.179. The normalized spacial score (nSPS) is 21.9. The van der Waals surface area contributed by atoms with Gasteiger partial charge in [0.25, 0.3) is 0 Å². The highest BCUT2D eigenvalue weighted by molar-refractivity contribution is 7.89. The Bertz CT molecular complexity index is 278. The molecule has 1 saturated carbocycles. The van der Waals surface area contributed by atoms with Crippen molar-refractivity contribution in [1.82, 2.24) is 4.31 Å². The van der Waals surface area contributed by atoms with Gasteiger partial charge < -0.3 is 0 Å². The van der Waals surface area contributed by atoms with Crippen LogP contribution in [0.15, 0.2) is 0 Å². The zero-order valence-corrected chi connectivity index (χ0v) is 11.0. The molecule has 0 spiro atoms. The minimum Gasteiger partial charge on any atom is -0.212 e. The maximum atomic E-state index is 12.2. The van der Waals surface area contributed by atoms with E-state index < -0.39 is 10.0 Å². The minimum atomic E-state index is -3.12. The van der Waals surface area contributed by atoms with Gasteiger partial charge in [0.05, 0.1) is 5.25 Å². The number of rotatable bonds is 4. The predicted octanol–water partition coefficient (Wildman–Crippen LogP) is 2.21. The third-order valence-corrected chi connectivity index (χ3v) is 6.14. The van der Waals surface area contributed by atoms with E-state index in [-0.39, 0.29) is 11.3 Å². The van der Waals surface area contributed by atoms with E-state index in [1.807, 2.05) is 6.92 Å². The first-order valence-corrected chi connectivity index (χ1v) is 7.56. The molecule has 0 bridgehead atoms. The van der Waals surface area contributed by atoms with Crippen LogP contribution in [0.2, 0.25) is 0 Å². The van der Waals surface area contributed by atoms with Gasteiger partial charge in [-0.05, 0) is 19.8 Å². The fourth-order valence-corrected chi connectivity index (χ4v) is 4.21. The van der Waals surface area contributed by atoms with Gasteiger partial charge in [-0.2, -0.15) is 0 Å². The van der Waals surface area contributed by atoms with Crippen LogP contribution in [0.3, 0.4) is 0 Å². The summed E-state index contributed by atoms with van der Waals surface area (Å²) in [6.07, 6.45) is 4.85. The highest BCUT2D eigenvalue weighted by atomic mass is 35.5. The monoisotopic (exact) mass is 253 g/mol. The molecule has 0 saturated heterocycles. The summed E-state index contributed by atoms with van der Waals surface area (Å²) >= 11 is 5.69. The number of hydrogen-bond acceptors (Lipinski definition) is 2. The topological polar surface area (TPSA) is 37.4 Å². The smallest absolute Gasteiger partial charge is 0.212 e. The molecule has 1 unspecified atom stereocenters. The number of sulfonamides is 1. The fraction of sp³-hybridized carbons (Fsp3) is 1.00. The number of hydrogen-bond donors (Lipinski definition) is 0. The fourth-order valence-electron chi connectivity index (χ4n) is 1.95. The Hall–Kier alpha value is 0.200. The summed E-state index contributed by atoms with van der Waals surface area (Å²) in [5.74, 6) is 0.350. The average molecular weight is 254 g/mol. The Balaban J connectivity index is 2.72. The van der Waals surface area contributed by atoms with E-state index in [9.17, 15) is 8.42 Å². The highest BCUT2D eigenvalue weighted by Gasteiger charge is 2.32. The second kappa shape index (κ2) is 5.51. The summed E-state index contributed by atoms with van der Waals surface area (Å²) in [5.41, 5.74) is 0. The Morgan fingerprint density at radius 1 is 1.33 bits per heavy atom. The van der Waals surface area contributed by atoms with Crippen molar-refractivity contribution >= 4 is 21.6 Å². The molecule has 0 aromatic heterocycles. The molecule has 5 heteroatoms. The first-order valence-electron chi connectivity index (χ1n) is 5.53. The van der Waals surface area contributed by atoms with E-state index in [1.165, 1.54) is 10.7 Å². The van der Waals surface area contributed by atoms with Crippen molar-refractivity contribution in [2.75, 3.05) is 12.9 Å². The van der Waals surface area contributed by atoms with Gasteiger partial charge in [-0.3, -0.25) is 0 Å². The van der Waals surface area contributed by atoms with Crippen molar-refractivity contribution in [2.24, 2.45) is 0 Å². The first-order chi connectivity index (χ1) is 7.00. The van der Waals surface area contributed by atoms with E-state index in [4.69, 9.17) is 11.6 Å². The summed E-state index contributed by atoms with van der Waals surface area (Å²) < 4.78 is 25.7. The van der Waals surface area contributed by atoms with Crippen molar-refractivity contribution < 1.29 is 8.42 Å².